The van der Waals surface area contributed by atoms with Crippen molar-refractivity contribution in [1.29, 1.82) is 0 Å². The molecule has 7 N–H and O–H groups in total. The molecule has 0 radical (unpaired) electrons. The minimum Gasteiger partial charge on any atom is -0.383 e. The lowest BCUT2D eigenvalue weighted by atomic mass is 9.96. The van der Waals surface area contributed by atoms with Crippen LogP contribution in [0, 0.1) is 11.8 Å². The van der Waals surface area contributed by atoms with Crippen LogP contribution in [0.15, 0.2) is 23.1 Å². The van der Waals surface area contributed by atoms with Gasteiger partial charge in [0.15, 0.2) is 0 Å². The van der Waals surface area contributed by atoms with E-state index in [9.17, 15) is 13.2 Å². The maximum Gasteiger partial charge on any atom is 0.243 e. The van der Waals surface area contributed by atoms with E-state index in [1.807, 2.05) is 6.07 Å². The summed E-state index contributed by atoms with van der Waals surface area (Å²) in [5.74, 6) is 0.850. The minimum absolute atomic E-state index is 0.163. The Morgan fingerprint density at radius 1 is 1.22 bits per heavy atom. The molecule has 0 spiro atoms. The van der Waals surface area contributed by atoms with Gasteiger partial charge in [0.25, 0.3) is 0 Å². The molecule has 0 aromatic heterocycles. The van der Waals surface area contributed by atoms with Gasteiger partial charge in [-0.2, -0.15) is 4.72 Å². The summed E-state index contributed by atoms with van der Waals surface area (Å²) in [5, 5.41) is 6.18. The Balaban J connectivity index is 1.78. The predicted octanol–water partition coefficient (Wildman–Crippen LogP) is 0.767. The summed E-state index contributed by atoms with van der Waals surface area (Å²) in [5.41, 5.74) is 12.7. The van der Waals surface area contributed by atoms with Gasteiger partial charge >= 0.3 is 0 Å². The quantitative estimate of drug-likeness (QED) is 0.267. The molecular weight excluding hydrogens is 428 g/mol. The lowest BCUT2D eigenvalue weighted by Crippen LogP contribution is -2.51. The summed E-state index contributed by atoms with van der Waals surface area (Å²) in [6, 6.07) is 4.49. The molecular formula is C22H38N6O3S. The molecule has 2 aliphatic heterocycles. The van der Waals surface area contributed by atoms with Crippen molar-refractivity contribution in [2.45, 2.75) is 63.2 Å². The zero-order valence-corrected chi connectivity index (χ0v) is 20.0. The number of nitrogens with zero attached hydrogens (tertiary/aromatic N) is 1. The van der Waals surface area contributed by atoms with E-state index in [2.05, 4.69) is 29.2 Å². The summed E-state index contributed by atoms with van der Waals surface area (Å²) in [7, 11) is -3.90. The number of rotatable bonds is 9. The Morgan fingerprint density at radius 3 is 2.62 bits per heavy atom. The van der Waals surface area contributed by atoms with Crippen LogP contribution in [0.3, 0.4) is 0 Å². The molecule has 1 unspecified atom stereocenters. The smallest absolute Gasteiger partial charge is 0.243 e. The standard InChI is InChI=1S/C22H38N6O3S/c1-15-8-11-28(12-9-15)21(29)18(6-4-10-25-22(23)24)27-32(30,31)19-7-3-5-17-13-16(2)14-26-20(17)19/h3,5,7,15-16,18,22,25-27H,4,6,8-14,23-24H2,1-2H3/t16?,18-/m0/s1. The van der Waals surface area contributed by atoms with E-state index in [-0.39, 0.29) is 10.8 Å². The summed E-state index contributed by atoms with van der Waals surface area (Å²) in [6.07, 6.45) is 2.98. The molecule has 2 atom stereocenters. The number of piperidine rings is 1. The Labute approximate surface area is 191 Å². The third kappa shape index (κ3) is 6.41. The van der Waals surface area contributed by atoms with Gasteiger partial charge < -0.3 is 21.7 Å². The van der Waals surface area contributed by atoms with Crippen LogP contribution in [0.5, 0.6) is 0 Å². The highest BCUT2D eigenvalue weighted by molar-refractivity contribution is 7.89. The molecule has 2 aliphatic rings. The Hall–Kier alpha value is -1.72. The average molecular weight is 467 g/mol. The first-order chi connectivity index (χ1) is 15.2. The van der Waals surface area contributed by atoms with Crippen LogP contribution in [-0.4, -0.2) is 57.7 Å². The molecule has 0 aliphatic carbocycles. The average Bonchev–Trinajstić information content (AvgIpc) is 2.75. The van der Waals surface area contributed by atoms with Gasteiger partial charge in [-0.15, -0.1) is 0 Å². The second kappa shape index (κ2) is 10.9. The fourth-order valence-corrected chi connectivity index (χ4v) is 5.85. The molecule has 10 heteroatoms. The molecule has 0 bridgehead atoms. The maximum absolute atomic E-state index is 13.4. The van der Waals surface area contributed by atoms with E-state index in [0.717, 1.165) is 31.4 Å². The molecule has 9 nitrogen and oxygen atoms in total. The minimum atomic E-state index is -3.90. The molecule has 1 saturated heterocycles. The Morgan fingerprint density at radius 2 is 1.94 bits per heavy atom. The first-order valence-electron chi connectivity index (χ1n) is 11.6. The number of likely N-dealkylation sites (tertiary alicyclic amines) is 1. The summed E-state index contributed by atoms with van der Waals surface area (Å²) >= 11 is 0. The molecule has 3 rings (SSSR count). The van der Waals surface area contributed by atoms with Crippen molar-refractivity contribution in [3.05, 3.63) is 23.8 Å². The number of para-hydroxylation sites is 1. The lowest BCUT2D eigenvalue weighted by molar-refractivity contribution is -0.134. The van der Waals surface area contributed by atoms with Crippen molar-refractivity contribution in [3.63, 3.8) is 0 Å². The number of carbonyl (C=O) groups excluding carboxylic acids is 1. The zero-order chi connectivity index (χ0) is 23.3. The number of hydrogen-bond donors (Lipinski definition) is 5. The van der Waals surface area contributed by atoms with E-state index in [1.54, 1.807) is 17.0 Å². The van der Waals surface area contributed by atoms with Crippen LogP contribution < -0.4 is 26.8 Å². The van der Waals surface area contributed by atoms with Gasteiger partial charge in [0, 0.05) is 19.6 Å². The first-order valence-corrected chi connectivity index (χ1v) is 13.1. The van der Waals surface area contributed by atoms with Gasteiger partial charge in [0.1, 0.15) is 17.2 Å². The largest absolute Gasteiger partial charge is 0.383 e. The van der Waals surface area contributed by atoms with Crippen molar-refractivity contribution in [1.82, 2.24) is 14.9 Å². The Kier molecular flexibility index (Phi) is 8.51. The summed E-state index contributed by atoms with van der Waals surface area (Å²) in [6.45, 7) is 6.84. The number of benzene rings is 1. The van der Waals surface area contributed by atoms with Crippen LogP contribution >= 0.6 is 0 Å². The second-order valence-electron chi connectivity index (χ2n) is 9.28. The van der Waals surface area contributed by atoms with Gasteiger partial charge in [-0.05, 0) is 62.1 Å². The second-order valence-corrected chi connectivity index (χ2v) is 11.0. The fourth-order valence-electron chi connectivity index (χ4n) is 4.40. The van der Waals surface area contributed by atoms with Crippen LogP contribution in [0.2, 0.25) is 0 Å². The SMILES string of the molecule is CC1CCN(C(=O)[C@H](CCCNC(N)N)NS(=O)(=O)c2cccc3c2NCC(C)C3)CC1. The van der Waals surface area contributed by atoms with E-state index >= 15 is 0 Å². The molecule has 1 amide bonds. The third-order valence-corrected chi connectivity index (χ3v) is 7.85. The van der Waals surface area contributed by atoms with Crippen molar-refractivity contribution in [2.24, 2.45) is 23.3 Å². The summed E-state index contributed by atoms with van der Waals surface area (Å²) in [4.78, 5) is 15.3. The van der Waals surface area contributed by atoms with Crippen molar-refractivity contribution < 1.29 is 13.2 Å². The third-order valence-electron chi connectivity index (χ3n) is 6.34. The number of nitrogens with two attached hydrogens (primary N) is 2. The number of anilines is 1. The molecule has 180 valence electrons. The molecule has 1 fully saturated rings. The van der Waals surface area contributed by atoms with E-state index in [0.29, 0.717) is 50.0 Å². The highest BCUT2D eigenvalue weighted by atomic mass is 32.2. The summed E-state index contributed by atoms with van der Waals surface area (Å²) < 4.78 is 29.5. The predicted molar refractivity (Wildman–Crippen MR) is 126 cm³/mol. The molecule has 32 heavy (non-hydrogen) atoms. The van der Waals surface area contributed by atoms with Crippen molar-refractivity contribution in [2.75, 3.05) is 31.5 Å². The lowest BCUT2D eigenvalue weighted by Gasteiger charge is -2.33. The first kappa shape index (κ1) is 24.9. The van der Waals surface area contributed by atoms with E-state index < -0.39 is 22.4 Å². The van der Waals surface area contributed by atoms with Crippen LogP contribution in [0.25, 0.3) is 0 Å². The van der Waals surface area contributed by atoms with Crippen LogP contribution in [0.4, 0.5) is 5.69 Å². The monoisotopic (exact) mass is 466 g/mol. The number of sulfonamides is 1. The number of nitrogens with one attached hydrogen (secondary N) is 3. The topological polar surface area (TPSA) is 143 Å². The molecule has 1 aromatic rings. The van der Waals surface area contributed by atoms with Crippen molar-refractivity contribution in [3.8, 4) is 0 Å². The number of carbonyl (C=O) groups is 1. The highest BCUT2D eigenvalue weighted by Crippen LogP contribution is 2.31. The number of amides is 1. The normalized spacial score (nSPS) is 20.7. The van der Waals surface area contributed by atoms with Crippen LogP contribution in [-0.2, 0) is 21.2 Å². The van der Waals surface area contributed by atoms with Gasteiger partial charge in [0.05, 0.1) is 5.69 Å². The van der Waals surface area contributed by atoms with Gasteiger partial charge in [0.2, 0.25) is 15.9 Å². The highest BCUT2D eigenvalue weighted by Gasteiger charge is 2.32. The zero-order valence-electron chi connectivity index (χ0n) is 19.1. The maximum atomic E-state index is 13.4. The molecule has 2 heterocycles. The molecule has 0 saturated carbocycles. The fraction of sp³-hybridized carbons (Fsp3) is 0.682. The van der Waals surface area contributed by atoms with Crippen molar-refractivity contribution >= 4 is 21.6 Å². The Bertz CT molecular complexity index is 884. The van der Waals surface area contributed by atoms with Gasteiger partial charge in [-0.25, -0.2) is 8.42 Å². The molecule has 1 aromatic carbocycles. The van der Waals surface area contributed by atoms with Crippen LogP contribution in [0.1, 0.15) is 45.1 Å². The van der Waals surface area contributed by atoms with Gasteiger partial charge in [-0.3, -0.25) is 10.1 Å². The number of hydrogen-bond acceptors (Lipinski definition) is 7. The number of fused-ring (bicyclic) bond motifs is 1. The van der Waals surface area contributed by atoms with E-state index in [4.69, 9.17) is 11.5 Å². The van der Waals surface area contributed by atoms with E-state index in [1.165, 1.54) is 0 Å². The van der Waals surface area contributed by atoms with Gasteiger partial charge in [-0.1, -0.05) is 26.0 Å².